The van der Waals surface area contributed by atoms with Gasteiger partial charge in [0.2, 0.25) is 0 Å². The van der Waals surface area contributed by atoms with E-state index in [1.807, 2.05) is 36.6 Å². The summed E-state index contributed by atoms with van der Waals surface area (Å²) >= 11 is 1.49. The first-order chi connectivity index (χ1) is 13.0. The number of nitro benzene ring substituents is 1. The van der Waals surface area contributed by atoms with Crippen LogP contribution in [-0.2, 0) is 13.2 Å². The number of aromatic nitrogens is 1. The predicted molar refractivity (Wildman–Crippen MR) is 102 cm³/mol. The molecule has 0 amide bonds. The topological polar surface area (TPSA) is 83.7 Å². The first-order valence-electron chi connectivity index (χ1n) is 8.13. The Morgan fingerprint density at radius 3 is 2.56 bits per heavy atom. The monoisotopic (exact) mass is 386 g/mol. The van der Waals surface area contributed by atoms with Crippen molar-refractivity contribution in [2.75, 3.05) is 7.11 Å². The fraction of sp³-hybridized carbons (Fsp3) is 0.211. The summed E-state index contributed by atoms with van der Waals surface area (Å²) in [5, 5.41) is 13.6. The first kappa shape index (κ1) is 18.7. The molecule has 0 unspecified atom stereocenters. The van der Waals surface area contributed by atoms with Crippen LogP contribution in [0.1, 0.15) is 16.3 Å². The standard InChI is InChI=1S/C19H18N2O5S/c1-13-3-6-16(7-4-13)25-11-19-20-14(12-27-19)10-26-17-8-5-15(21(22)23)9-18(17)24-2/h3-9,12H,10-11H2,1-2H3. The Morgan fingerprint density at radius 1 is 1.07 bits per heavy atom. The van der Waals surface area contributed by atoms with E-state index in [1.165, 1.54) is 42.2 Å². The van der Waals surface area contributed by atoms with Crippen LogP contribution in [-0.4, -0.2) is 17.0 Å². The molecule has 0 N–H and O–H groups in total. The Hall–Kier alpha value is -3.13. The molecule has 3 aromatic rings. The smallest absolute Gasteiger partial charge is 0.273 e. The summed E-state index contributed by atoms with van der Waals surface area (Å²) in [7, 11) is 1.44. The largest absolute Gasteiger partial charge is 0.493 e. The normalized spacial score (nSPS) is 10.4. The first-order valence-corrected chi connectivity index (χ1v) is 9.01. The van der Waals surface area contributed by atoms with Crippen LogP contribution in [0, 0.1) is 17.0 Å². The fourth-order valence-corrected chi connectivity index (χ4v) is 2.99. The van der Waals surface area contributed by atoms with Gasteiger partial charge in [-0.15, -0.1) is 11.3 Å². The molecule has 2 aromatic carbocycles. The molecular weight excluding hydrogens is 368 g/mol. The number of non-ortho nitro benzene ring substituents is 1. The number of aryl methyl sites for hydroxylation is 1. The van der Waals surface area contributed by atoms with E-state index in [2.05, 4.69) is 4.98 Å². The van der Waals surface area contributed by atoms with Crippen LogP contribution in [0.15, 0.2) is 47.8 Å². The second-order valence-corrected chi connectivity index (χ2v) is 6.66. The van der Waals surface area contributed by atoms with E-state index in [1.54, 1.807) is 0 Å². The average molecular weight is 386 g/mol. The highest BCUT2D eigenvalue weighted by Crippen LogP contribution is 2.31. The molecule has 0 radical (unpaired) electrons. The van der Waals surface area contributed by atoms with Gasteiger partial charge in [0, 0.05) is 11.4 Å². The van der Waals surface area contributed by atoms with Gasteiger partial charge in [-0.1, -0.05) is 17.7 Å². The van der Waals surface area contributed by atoms with Crippen molar-refractivity contribution in [1.29, 1.82) is 0 Å². The molecule has 0 aliphatic rings. The summed E-state index contributed by atoms with van der Waals surface area (Å²) in [5.74, 6) is 1.53. The van der Waals surface area contributed by atoms with Gasteiger partial charge in [-0.3, -0.25) is 10.1 Å². The van der Waals surface area contributed by atoms with Gasteiger partial charge in [0.15, 0.2) is 11.5 Å². The minimum atomic E-state index is -0.479. The Labute approximate surface area is 160 Å². The van der Waals surface area contributed by atoms with E-state index in [9.17, 15) is 10.1 Å². The highest BCUT2D eigenvalue weighted by Gasteiger charge is 2.13. The highest BCUT2D eigenvalue weighted by molar-refractivity contribution is 7.09. The molecular formula is C19H18N2O5S. The number of thiazole rings is 1. The third kappa shape index (κ3) is 4.95. The quantitative estimate of drug-likeness (QED) is 0.418. The average Bonchev–Trinajstić information content (AvgIpc) is 3.13. The molecule has 0 saturated carbocycles. The number of benzene rings is 2. The van der Waals surface area contributed by atoms with E-state index in [4.69, 9.17) is 14.2 Å². The SMILES string of the molecule is COc1cc([N+](=O)[O-])ccc1OCc1csc(COc2ccc(C)cc2)n1. The van der Waals surface area contributed by atoms with Crippen molar-refractivity contribution in [3.05, 3.63) is 74.2 Å². The Balaban J connectivity index is 1.58. The minimum absolute atomic E-state index is 0.0524. The Morgan fingerprint density at radius 2 is 1.85 bits per heavy atom. The van der Waals surface area contributed by atoms with Crippen molar-refractivity contribution in [2.45, 2.75) is 20.1 Å². The lowest BCUT2D eigenvalue weighted by molar-refractivity contribution is -0.385. The number of hydrogen-bond acceptors (Lipinski definition) is 7. The van der Waals surface area contributed by atoms with Gasteiger partial charge >= 0.3 is 0 Å². The van der Waals surface area contributed by atoms with Gasteiger partial charge in [0.1, 0.15) is 24.0 Å². The van der Waals surface area contributed by atoms with Gasteiger partial charge in [0.05, 0.1) is 23.8 Å². The van der Waals surface area contributed by atoms with Crippen LogP contribution in [0.25, 0.3) is 0 Å². The lowest BCUT2D eigenvalue weighted by Gasteiger charge is -2.09. The highest BCUT2D eigenvalue weighted by atomic mass is 32.1. The van der Waals surface area contributed by atoms with Crippen LogP contribution < -0.4 is 14.2 Å². The number of hydrogen-bond donors (Lipinski definition) is 0. The molecule has 1 heterocycles. The number of methoxy groups -OCH3 is 1. The molecule has 0 aliphatic carbocycles. The maximum absolute atomic E-state index is 10.8. The zero-order valence-electron chi connectivity index (χ0n) is 14.9. The number of nitrogens with zero attached hydrogens (tertiary/aromatic N) is 2. The predicted octanol–water partition coefficient (Wildman–Crippen LogP) is 4.53. The molecule has 0 saturated heterocycles. The lowest BCUT2D eigenvalue weighted by Crippen LogP contribution is -2.00. The molecule has 0 atom stereocenters. The van der Waals surface area contributed by atoms with E-state index in [0.29, 0.717) is 18.1 Å². The van der Waals surface area contributed by atoms with Gasteiger partial charge in [-0.05, 0) is 25.1 Å². The number of nitro groups is 1. The summed E-state index contributed by atoms with van der Waals surface area (Å²) in [6, 6.07) is 12.1. The summed E-state index contributed by atoms with van der Waals surface area (Å²) < 4.78 is 16.6. The fourth-order valence-electron chi connectivity index (χ4n) is 2.30. The van der Waals surface area contributed by atoms with Crippen LogP contribution in [0.3, 0.4) is 0 Å². The van der Waals surface area contributed by atoms with Crippen molar-refractivity contribution in [2.24, 2.45) is 0 Å². The molecule has 8 heteroatoms. The van der Waals surface area contributed by atoms with E-state index >= 15 is 0 Å². The molecule has 1 aromatic heterocycles. The molecule has 0 bridgehead atoms. The minimum Gasteiger partial charge on any atom is -0.493 e. The van der Waals surface area contributed by atoms with Crippen LogP contribution in [0.4, 0.5) is 5.69 Å². The molecule has 0 aliphatic heterocycles. The summed E-state index contributed by atoms with van der Waals surface area (Å²) in [6.07, 6.45) is 0. The zero-order valence-corrected chi connectivity index (χ0v) is 15.7. The summed E-state index contributed by atoms with van der Waals surface area (Å²) in [4.78, 5) is 14.8. The van der Waals surface area contributed by atoms with Gasteiger partial charge in [-0.2, -0.15) is 0 Å². The van der Waals surface area contributed by atoms with Crippen molar-refractivity contribution in [3.8, 4) is 17.2 Å². The summed E-state index contributed by atoms with van der Waals surface area (Å²) in [6.45, 7) is 2.64. The van der Waals surface area contributed by atoms with Crippen molar-refractivity contribution in [3.63, 3.8) is 0 Å². The Bertz CT molecular complexity index is 924. The molecule has 7 nitrogen and oxygen atoms in total. The van der Waals surface area contributed by atoms with Crippen molar-refractivity contribution < 1.29 is 19.1 Å². The van der Waals surface area contributed by atoms with Crippen molar-refractivity contribution in [1.82, 2.24) is 4.98 Å². The third-order valence-corrected chi connectivity index (χ3v) is 4.59. The molecule has 140 valence electrons. The van der Waals surface area contributed by atoms with E-state index in [0.717, 1.165) is 16.5 Å². The molecule has 0 spiro atoms. The van der Waals surface area contributed by atoms with Crippen LogP contribution >= 0.6 is 11.3 Å². The van der Waals surface area contributed by atoms with E-state index in [-0.39, 0.29) is 12.3 Å². The van der Waals surface area contributed by atoms with E-state index < -0.39 is 4.92 Å². The van der Waals surface area contributed by atoms with Crippen molar-refractivity contribution >= 4 is 17.0 Å². The molecule has 3 rings (SSSR count). The second-order valence-electron chi connectivity index (χ2n) is 5.72. The maximum atomic E-state index is 10.8. The summed E-state index contributed by atoms with van der Waals surface area (Å²) in [5.41, 5.74) is 1.88. The lowest BCUT2D eigenvalue weighted by atomic mass is 10.2. The Kier molecular flexibility index (Phi) is 5.87. The maximum Gasteiger partial charge on any atom is 0.273 e. The zero-order chi connectivity index (χ0) is 19.2. The second kappa shape index (κ2) is 8.50. The van der Waals surface area contributed by atoms with Gasteiger partial charge in [-0.25, -0.2) is 4.98 Å². The van der Waals surface area contributed by atoms with Gasteiger partial charge < -0.3 is 14.2 Å². The van der Waals surface area contributed by atoms with Crippen LogP contribution in [0.2, 0.25) is 0 Å². The van der Waals surface area contributed by atoms with Crippen LogP contribution in [0.5, 0.6) is 17.2 Å². The molecule has 27 heavy (non-hydrogen) atoms. The number of rotatable bonds is 8. The van der Waals surface area contributed by atoms with Gasteiger partial charge in [0.25, 0.3) is 5.69 Å². The third-order valence-electron chi connectivity index (χ3n) is 3.72. The number of ether oxygens (including phenoxy) is 3. The molecule has 0 fully saturated rings.